The number of hydrogen-bond acceptors (Lipinski definition) is 7. The highest BCUT2D eigenvalue weighted by molar-refractivity contribution is 6.20. The van der Waals surface area contributed by atoms with Gasteiger partial charge in [-0.25, -0.2) is 14.5 Å². The number of nitrogens with zero attached hydrogens (tertiary/aromatic N) is 4. The molecule has 1 unspecified atom stereocenters. The van der Waals surface area contributed by atoms with Crippen LogP contribution in [0.5, 0.6) is 5.75 Å². The van der Waals surface area contributed by atoms with Gasteiger partial charge in [0, 0.05) is 19.3 Å². The second-order valence-electron chi connectivity index (χ2n) is 7.13. The third-order valence-electron chi connectivity index (χ3n) is 5.01. The summed E-state index contributed by atoms with van der Waals surface area (Å²) >= 11 is 6.52. The van der Waals surface area contributed by atoms with E-state index >= 15 is 0 Å². The zero-order valence-electron chi connectivity index (χ0n) is 17.8. The van der Waals surface area contributed by atoms with Gasteiger partial charge >= 0.3 is 5.97 Å². The maximum absolute atomic E-state index is 12.6. The first-order valence-electron chi connectivity index (χ1n) is 10.3. The number of esters is 1. The summed E-state index contributed by atoms with van der Waals surface area (Å²) in [6.45, 7) is 5.40. The number of para-hydroxylation sites is 1. The van der Waals surface area contributed by atoms with Crippen molar-refractivity contribution in [3.8, 4) is 5.75 Å². The van der Waals surface area contributed by atoms with Gasteiger partial charge in [-0.2, -0.15) is 5.10 Å². The Hall–Kier alpha value is -2.55. The Morgan fingerprint density at radius 3 is 2.69 bits per heavy atom. The van der Waals surface area contributed by atoms with Crippen LogP contribution in [0.3, 0.4) is 0 Å². The molecule has 32 heavy (non-hydrogen) atoms. The van der Waals surface area contributed by atoms with Gasteiger partial charge < -0.3 is 19.1 Å². The molecule has 8 nitrogen and oxygen atoms in total. The summed E-state index contributed by atoms with van der Waals surface area (Å²) in [5.41, 5.74) is 1.88. The van der Waals surface area contributed by atoms with E-state index < -0.39 is 5.97 Å². The van der Waals surface area contributed by atoms with Gasteiger partial charge in [0.15, 0.2) is 5.65 Å². The summed E-state index contributed by atoms with van der Waals surface area (Å²) < 4.78 is 18.2. The normalized spacial score (nSPS) is 14.6. The molecule has 3 aromatic rings. The number of rotatable bonds is 8. The number of carbonyl (C=O) groups is 1. The monoisotopic (exact) mass is 480 g/mol. The largest absolute Gasteiger partial charge is 0.492 e. The van der Waals surface area contributed by atoms with Gasteiger partial charge in [0.2, 0.25) is 0 Å². The van der Waals surface area contributed by atoms with E-state index in [1.165, 1.54) is 0 Å². The summed E-state index contributed by atoms with van der Waals surface area (Å²) in [5.74, 6) is 0.378. The third kappa shape index (κ3) is 5.43. The van der Waals surface area contributed by atoms with Crippen LogP contribution in [0.15, 0.2) is 42.7 Å². The number of alkyl halides is 1. The predicted molar refractivity (Wildman–Crippen MR) is 125 cm³/mol. The van der Waals surface area contributed by atoms with Gasteiger partial charge in [0.25, 0.3) is 0 Å². The Balaban J connectivity index is 0.00000289. The summed E-state index contributed by atoms with van der Waals surface area (Å²) in [4.78, 5) is 19.2. The van der Waals surface area contributed by atoms with Crippen molar-refractivity contribution in [2.45, 2.75) is 18.8 Å². The highest BCUT2D eigenvalue weighted by atomic mass is 35.5. The van der Waals surface area contributed by atoms with Crippen LogP contribution in [0, 0.1) is 0 Å². The predicted octanol–water partition coefficient (Wildman–Crippen LogP) is 3.55. The number of aromatic nitrogens is 3. The lowest BCUT2D eigenvalue weighted by molar-refractivity contribution is 0.0526. The molecule has 2 aromatic heterocycles. The molecule has 172 valence electrons. The first kappa shape index (κ1) is 24.1. The van der Waals surface area contributed by atoms with E-state index in [4.69, 9.17) is 25.8 Å². The Morgan fingerprint density at radius 1 is 1.22 bits per heavy atom. The van der Waals surface area contributed by atoms with E-state index in [1.807, 2.05) is 30.3 Å². The van der Waals surface area contributed by atoms with Crippen LogP contribution in [0.2, 0.25) is 0 Å². The van der Waals surface area contributed by atoms with Gasteiger partial charge in [-0.05, 0) is 19.1 Å². The second-order valence-corrected chi connectivity index (χ2v) is 7.74. The van der Waals surface area contributed by atoms with E-state index in [1.54, 1.807) is 24.0 Å². The van der Waals surface area contributed by atoms with Gasteiger partial charge in [-0.3, -0.25) is 0 Å². The number of fused-ring (bicyclic) bond motifs is 1. The maximum atomic E-state index is 12.6. The highest BCUT2D eigenvalue weighted by Gasteiger charge is 2.25. The topological polar surface area (TPSA) is 78.7 Å². The number of carbonyl (C=O) groups excluding carboxylic acids is 1. The fraction of sp³-hybridized carbons (Fsp3) is 0.409. The molecule has 0 amide bonds. The van der Waals surface area contributed by atoms with E-state index in [2.05, 4.69) is 15.0 Å². The molecule has 1 aliphatic heterocycles. The minimum absolute atomic E-state index is 0. The molecule has 1 atom stereocenters. The van der Waals surface area contributed by atoms with Crippen LogP contribution in [-0.2, 0) is 16.0 Å². The van der Waals surface area contributed by atoms with Crippen molar-refractivity contribution in [1.82, 2.24) is 14.8 Å². The number of pyridine rings is 1. The molecule has 0 spiro atoms. The molecule has 3 heterocycles. The highest BCUT2D eigenvalue weighted by Crippen LogP contribution is 2.31. The first-order chi connectivity index (χ1) is 15.2. The standard InChI is InChI=1S/C22H25ClN4O4.ClH/c1-2-30-22(28)19-12-24-21-18(20(19)26-8-10-29-11-9-26)13-25-27(21)14-16(23)15-31-17-6-4-3-5-7-17;/h3-7,12-13,16H,2,8-11,14-15H2,1H3;1H. The molecule has 0 radical (unpaired) electrons. The van der Waals surface area contributed by atoms with Crippen LogP contribution in [0.4, 0.5) is 5.69 Å². The van der Waals surface area contributed by atoms with Crippen molar-refractivity contribution in [3.63, 3.8) is 0 Å². The molecule has 1 saturated heterocycles. The first-order valence-corrected chi connectivity index (χ1v) is 10.8. The van der Waals surface area contributed by atoms with Crippen molar-refractivity contribution >= 4 is 46.7 Å². The second kappa shape index (κ2) is 11.4. The van der Waals surface area contributed by atoms with Gasteiger partial charge in [0.1, 0.15) is 17.9 Å². The Labute approximate surface area is 197 Å². The van der Waals surface area contributed by atoms with Gasteiger partial charge in [-0.1, -0.05) is 18.2 Å². The Kier molecular flexibility index (Phi) is 8.55. The fourth-order valence-corrected chi connectivity index (χ4v) is 3.77. The quantitative estimate of drug-likeness (QED) is 0.360. The van der Waals surface area contributed by atoms with E-state index in [0.29, 0.717) is 57.3 Å². The summed E-state index contributed by atoms with van der Waals surface area (Å²) in [7, 11) is 0. The van der Waals surface area contributed by atoms with Crippen LogP contribution < -0.4 is 9.64 Å². The van der Waals surface area contributed by atoms with E-state index in [9.17, 15) is 4.79 Å². The molecule has 4 rings (SSSR count). The van der Waals surface area contributed by atoms with Gasteiger partial charge in [0.05, 0.1) is 49.0 Å². The maximum Gasteiger partial charge on any atom is 0.341 e. The van der Waals surface area contributed by atoms with Crippen molar-refractivity contribution in [3.05, 3.63) is 48.3 Å². The van der Waals surface area contributed by atoms with E-state index in [0.717, 1.165) is 16.8 Å². The van der Waals surface area contributed by atoms with Crippen molar-refractivity contribution < 1.29 is 19.0 Å². The molecule has 1 aromatic carbocycles. The summed E-state index contributed by atoms with van der Waals surface area (Å²) in [6.07, 6.45) is 3.30. The van der Waals surface area contributed by atoms with Crippen molar-refractivity contribution in [2.24, 2.45) is 0 Å². The zero-order valence-corrected chi connectivity index (χ0v) is 19.3. The third-order valence-corrected chi connectivity index (χ3v) is 5.27. The van der Waals surface area contributed by atoms with Crippen LogP contribution in [-0.4, -0.2) is 65.6 Å². The molecule has 0 aliphatic carbocycles. The lowest BCUT2D eigenvalue weighted by atomic mass is 10.1. The van der Waals surface area contributed by atoms with Crippen LogP contribution in [0.25, 0.3) is 11.0 Å². The number of hydrogen-bond donors (Lipinski definition) is 0. The van der Waals surface area contributed by atoms with Crippen molar-refractivity contribution in [1.29, 1.82) is 0 Å². The average molecular weight is 481 g/mol. The molecule has 0 bridgehead atoms. The van der Waals surface area contributed by atoms with Crippen LogP contribution in [0.1, 0.15) is 17.3 Å². The number of benzene rings is 1. The number of halogens is 2. The van der Waals surface area contributed by atoms with Crippen LogP contribution >= 0.6 is 24.0 Å². The minimum Gasteiger partial charge on any atom is -0.492 e. The smallest absolute Gasteiger partial charge is 0.341 e. The lowest BCUT2D eigenvalue weighted by Crippen LogP contribution is -2.37. The SMILES string of the molecule is CCOC(=O)c1cnc2c(cnn2CC(Cl)COc2ccccc2)c1N1CCOCC1.Cl. The molecular formula is C22H26Cl2N4O4. The molecule has 1 aliphatic rings. The number of ether oxygens (including phenoxy) is 3. The molecule has 1 fully saturated rings. The van der Waals surface area contributed by atoms with Gasteiger partial charge in [-0.15, -0.1) is 24.0 Å². The molecule has 0 saturated carbocycles. The number of anilines is 1. The fourth-order valence-electron chi connectivity index (χ4n) is 3.58. The minimum atomic E-state index is -0.391. The summed E-state index contributed by atoms with van der Waals surface area (Å²) in [6, 6.07) is 9.54. The van der Waals surface area contributed by atoms with E-state index in [-0.39, 0.29) is 17.8 Å². The Bertz CT molecular complexity index is 1030. The zero-order chi connectivity index (χ0) is 21.6. The lowest BCUT2D eigenvalue weighted by Gasteiger charge is -2.30. The molecular weight excluding hydrogens is 455 g/mol. The molecule has 0 N–H and O–H groups in total. The van der Waals surface area contributed by atoms with Crippen molar-refractivity contribution in [2.75, 3.05) is 44.4 Å². The Morgan fingerprint density at radius 2 is 1.97 bits per heavy atom. The average Bonchev–Trinajstić information content (AvgIpc) is 3.21. The summed E-state index contributed by atoms with van der Waals surface area (Å²) in [5, 5.41) is 4.98. The number of morpholine rings is 1. The molecule has 10 heteroatoms.